The monoisotopic (exact) mass is 441 g/mol. The third kappa shape index (κ3) is 2.65. The van der Waals surface area contributed by atoms with Gasteiger partial charge < -0.3 is 9.64 Å². The SMILES string of the molecule is CC1CCC2(OC3CC4C5CCC6CC(=O)CCC6(C)C5CCC4(C)C3C2C)N(C=O)C1. The van der Waals surface area contributed by atoms with Crippen LogP contribution in [0.2, 0.25) is 0 Å². The topological polar surface area (TPSA) is 46.6 Å². The minimum Gasteiger partial charge on any atom is -0.352 e. The molecular weight excluding hydrogens is 398 g/mol. The molecule has 32 heavy (non-hydrogen) atoms. The fourth-order valence-corrected chi connectivity index (χ4v) is 10.7. The summed E-state index contributed by atoms with van der Waals surface area (Å²) >= 11 is 0. The van der Waals surface area contributed by atoms with E-state index >= 15 is 0 Å². The van der Waals surface area contributed by atoms with Crippen LogP contribution < -0.4 is 0 Å². The summed E-state index contributed by atoms with van der Waals surface area (Å²) in [6, 6.07) is 0. The molecular formula is C28H43NO3. The second-order valence-electron chi connectivity index (χ2n) is 13.4. The lowest BCUT2D eigenvalue weighted by Crippen LogP contribution is -2.58. The van der Waals surface area contributed by atoms with Gasteiger partial charge >= 0.3 is 0 Å². The number of nitrogens with zero attached hydrogens (tertiary/aromatic N) is 1. The molecule has 4 aliphatic carbocycles. The van der Waals surface area contributed by atoms with Gasteiger partial charge in [-0.2, -0.15) is 0 Å². The van der Waals surface area contributed by atoms with Crippen molar-refractivity contribution in [3.05, 3.63) is 0 Å². The summed E-state index contributed by atoms with van der Waals surface area (Å²) in [5.74, 6) is 5.03. The summed E-state index contributed by atoms with van der Waals surface area (Å²) in [5.41, 5.74) is 0.346. The minimum atomic E-state index is -0.359. The van der Waals surface area contributed by atoms with Gasteiger partial charge in [0.15, 0.2) is 0 Å². The van der Waals surface area contributed by atoms with Gasteiger partial charge in [-0.25, -0.2) is 0 Å². The number of likely N-dealkylation sites (tertiary alicyclic amines) is 1. The Labute approximate surface area is 194 Å². The molecule has 4 saturated carbocycles. The van der Waals surface area contributed by atoms with Crippen LogP contribution in [0.5, 0.6) is 0 Å². The smallest absolute Gasteiger partial charge is 0.211 e. The van der Waals surface area contributed by atoms with Crippen LogP contribution in [0.4, 0.5) is 0 Å². The average molecular weight is 442 g/mol. The molecule has 6 fully saturated rings. The number of ether oxygens (including phenoxy) is 1. The maximum atomic E-state index is 12.2. The Morgan fingerprint density at radius 2 is 1.81 bits per heavy atom. The average Bonchev–Trinajstić information content (AvgIpc) is 3.21. The number of carbonyl (C=O) groups excluding carboxylic acids is 2. The maximum Gasteiger partial charge on any atom is 0.211 e. The quantitative estimate of drug-likeness (QED) is 0.509. The fourth-order valence-electron chi connectivity index (χ4n) is 10.7. The molecule has 4 heteroatoms. The van der Waals surface area contributed by atoms with Crippen molar-refractivity contribution in [2.24, 2.45) is 52.3 Å². The zero-order chi connectivity index (χ0) is 22.5. The van der Waals surface area contributed by atoms with E-state index in [0.717, 1.165) is 62.8 Å². The van der Waals surface area contributed by atoms with E-state index in [4.69, 9.17) is 4.74 Å². The summed E-state index contributed by atoms with van der Waals surface area (Å²) in [5, 5.41) is 0. The number of carbonyl (C=O) groups is 2. The zero-order valence-electron chi connectivity index (χ0n) is 20.6. The van der Waals surface area contributed by atoms with Gasteiger partial charge in [0.05, 0.1) is 6.10 Å². The third-order valence-corrected chi connectivity index (χ3v) is 12.3. The predicted octanol–water partition coefficient (Wildman–Crippen LogP) is 5.44. The molecule has 2 aliphatic heterocycles. The van der Waals surface area contributed by atoms with Crippen molar-refractivity contribution in [1.82, 2.24) is 4.90 Å². The molecule has 0 aromatic heterocycles. The second-order valence-corrected chi connectivity index (χ2v) is 13.4. The van der Waals surface area contributed by atoms with Crippen LogP contribution in [0, 0.1) is 52.3 Å². The maximum absolute atomic E-state index is 12.2. The first-order valence-electron chi connectivity index (χ1n) is 13.6. The number of amides is 1. The van der Waals surface area contributed by atoms with Crippen molar-refractivity contribution in [3.8, 4) is 0 Å². The highest BCUT2D eigenvalue weighted by molar-refractivity contribution is 5.79. The Bertz CT molecular complexity index is 812. The zero-order valence-corrected chi connectivity index (χ0v) is 20.6. The number of ketones is 1. The lowest BCUT2D eigenvalue weighted by molar-refractivity contribution is -0.194. The normalized spacial score (nSPS) is 57.0. The highest BCUT2D eigenvalue weighted by atomic mass is 16.5. The lowest BCUT2D eigenvalue weighted by Gasteiger charge is -2.60. The van der Waals surface area contributed by atoms with E-state index in [0.29, 0.717) is 46.4 Å². The first-order chi connectivity index (χ1) is 15.2. The van der Waals surface area contributed by atoms with Crippen molar-refractivity contribution in [2.75, 3.05) is 6.54 Å². The molecule has 11 atom stereocenters. The second kappa shape index (κ2) is 7.06. The highest BCUT2D eigenvalue weighted by Crippen LogP contribution is 2.71. The van der Waals surface area contributed by atoms with Crippen LogP contribution >= 0.6 is 0 Å². The summed E-state index contributed by atoms with van der Waals surface area (Å²) in [4.78, 5) is 26.3. The predicted molar refractivity (Wildman–Crippen MR) is 124 cm³/mol. The fraction of sp³-hybridized carbons (Fsp3) is 0.929. The van der Waals surface area contributed by atoms with Gasteiger partial charge in [-0.05, 0) is 97.7 Å². The van der Waals surface area contributed by atoms with Crippen molar-refractivity contribution in [2.45, 2.75) is 104 Å². The van der Waals surface area contributed by atoms with Crippen LogP contribution in [0.15, 0.2) is 0 Å². The number of hydrogen-bond acceptors (Lipinski definition) is 3. The molecule has 6 rings (SSSR count). The Hall–Kier alpha value is -0.900. The summed E-state index contributed by atoms with van der Waals surface area (Å²) in [7, 11) is 0. The van der Waals surface area contributed by atoms with Crippen LogP contribution in [-0.2, 0) is 14.3 Å². The molecule has 0 aromatic carbocycles. The molecule has 0 N–H and O–H groups in total. The molecule has 6 aliphatic rings. The van der Waals surface area contributed by atoms with Crippen molar-refractivity contribution in [3.63, 3.8) is 0 Å². The van der Waals surface area contributed by atoms with Crippen LogP contribution in [0.1, 0.15) is 91.9 Å². The van der Waals surface area contributed by atoms with Gasteiger partial charge in [-0.3, -0.25) is 9.59 Å². The van der Waals surface area contributed by atoms with Crippen molar-refractivity contribution in [1.29, 1.82) is 0 Å². The first-order valence-corrected chi connectivity index (χ1v) is 13.6. The van der Waals surface area contributed by atoms with Gasteiger partial charge in [-0.1, -0.05) is 27.7 Å². The summed E-state index contributed by atoms with van der Waals surface area (Å²) in [6.07, 6.45) is 12.7. The summed E-state index contributed by atoms with van der Waals surface area (Å²) < 4.78 is 7.01. The molecule has 0 radical (unpaired) electrons. The van der Waals surface area contributed by atoms with E-state index < -0.39 is 0 Å². The van der Waals surface area contributed by atoms with Crippen LogP contribution in [0.3, 0.4) is 0 Å². The number of hydrogen-bond donors (Lipinski definition) is 0. The molecule has 2 saturated heterocycles. The molecule has 0 bridgehead atoms. The highest BCUT2D eigenvalue weighted by Gasteiger charge is 2.69. The van der Waals surface area contributed by atoms with E-state index in [-0.39, 0.29) is 5.72 Å². The molecule has 0 aromatic rings. The number of fused-ring (bicyclic) bond motifs is 7. The van der Waals surface area contributed by atoms with Gasteiger partial charge in [0.1, 0.15) is 11.5 Å². The van der Waals surface area contributed by atoms with E-state index in [1.165, 1.54) is 32.1 Å². The van der Waals surface area contributed by atoms with Crippen molar-refractivity contribution >= 4 is 12.2 Å². The molecule has 2 heterocycles. The van der Waals surface area contributed by atoms with Crippen LogP contribution in [-0.4, -0.2) is 35.5 Å². The van der Waals surface area contributed by atoms with Crippen LogP contribution in [0.25, 0.3) is 0 Å². The number of rotatable bonds is 1. The molecule has 11 unspecified atom stereocenters. The van der Waals surface area contributed by atoms with E-state index in [9.17, 15) is 9.59 Å². The Balaban J connectivity index is 1.28. The largest absolute Gasteiger partial charge is 0.352 e. The molecule has 178 valence electrons. The van der Waals surface area contributed by atoms with Gasteiger partial charge in [0.2, 0.25) is 6.41 Å². The van der Waals surface area contributed by atoms with Crippen molar-refractivity contribution < 1.29 is 14.3 Å². The molecule has 1 spiro atoms. The minimum absolute atomic E-state index is 0.313. The van der Waals surface area contributed by atoms with E-state index in [1.807, 2.05) is 4.90 Å². The number of piperidine rings is 1. The van der Waals surface area contributed by atoms with Gasteiger partial charge in [0, 0.05) is 25.3 Å². The first kappa shape index (κ1) is 21.6. The number of Topliss-reactive ketones (excluding diaryl/α,β-unsaturated/α-hetero) is 1. The third-order valence-electron chi connectivity index (χ3n) is 12.3. The lowest BCUT2D eigenvalue weighted by atomic mass is 9.44. The summed E-state index contributed by atoms with van der Waals surface area (Å²) in [6.45, 7) is 10.6. The molecule has 4 nitrogen and oxygen atoms in total. The van der Waals surface area contributed by atoms with E-state index in [1.54, 1.807) is 0 Å². The molecule has 1 amide bonds. The Kier molecular flexibility index (Phi) is 4.77. The Morgan fingerprint density at radius 1 is 1.00 bits per heavy atom. The standard InChI is InChI=1S/C28H43NO3/c1-17-7-12-28(29(15-17)16-30)18(2)25-24(32-28)14-23-21-6-5-19-13-20(31)8-10-26(19,3)22(21)9-11-27(23,25)4/h16-19,21-25H,5-15H2,1-4H3. The van der Waals surface area contributed by atoms with E-state index in [2.05, 4.69) is 27.7 Å². The van der Waals surface area contributed by atoms with Gasteiger partial charge in [0.25, 0.3) is 0 Å². The van der Waals surface area contributed by atoms with Gasteiger partial charge in [-0.15, -0.1) is 0 Å². The Morgan fingerprint density at radius 3 is 2.59 bits per heavy atom.